The molecule has 2 rings (SSSR count). The topological polar surface area (TPSA) is 43.1 Å². The highest BCUT2D eigenvalue weighted by atomic mass is 32.2. The molecule has 0 aliphatic rings. The van der Waals surface area contributed by atoms with Crippen LogP contribution >= 0.6 is 23.1 Å². The molecule has 1 aromatic heterocycles. The fourth-order valence-corrected chi connectivity index (χ4v) is 3.01. The van der Waals surface area contributed by atoms with E-state index in [1.165, 1.54) is 16.9 Å². The van der Waals surface area contributed by atoms with Crippen molar-refractivity contribution in [1.82, 2.24) is 0 Å². The van der Waals surface area contributed by atoms with Gasteiger partial charge in [0.25, 0.3) is 0 Å². The van der Waals surface area contributed by atoms with Gasteiger partial charge in [-0.05, 0) is 29.1 Å². The van der Waals surface area contributed by atoms with Crippen LogP contribution in [0.15, 0.2) is 41.8 Å². The van der Waals surface area contributed by atoms with E-state index >= 15 is 0 Å². The van der Waals surface area contributed by atoms with Crippen LogP contribution in [-0.4, -0.2) is 11.5 Å². The Hall–Kier alpha value is -1.26. The Kier molecular flexibility index (Phi) is 4.23. The summed E-state index contributed by atoms with van der Waals surface area (Å²) in [6, 6.07) is 11.5. The molecule has 0 saturated carbocycles. The second-order valence-corrected chi connectivity index (χ2v) is 5.57. The summed E-state index contributed by atoms with van der Waals surface area (Å²) >= 11 is 3.13. The summed E-state index contributed by atoms with van der Waals surface area (Å²) in [6.45, 7) is 0. The lowest BCUT2D eigenvalue weighted by molar-refractivity contribution is 0.102. The van der Waals surface area contributed by atoms with Crippen molar-refractivity contribution >= 4 is 34.6 Å². The van der Waals surface area contributed by atoms with E-state index < -0.39 is 0 Å². The summed E-state index contributed by atoms with van der Waals surface area (Å²) < 4.78 is 0. The molecule has 0 aliphatic carbocycles. The van der Waals surface area contributed by atoms with Crippen LogP contribution in [0.4, 0.5) is 5.69 Å². The second kappa shape index (κ2) is 5.89. The summed E-state index contributed by atoms with van der Waals surface area (Å²) in [7, 11) is 0. The lowest BCUT2D eigenvalue weighted by Crippen LogP contribution is -1.99. The van der Waals surface area contributed by atoms with Crippen LogP contribution in [0.1, 0.15) is 15.2 Å². The highest BCUT2D eigenvalue weighted by Gasteiger charge is 2.06. The molecule has 2 nitrogen and oxygen atoms in total. The minimum atomic E-state index is 0.209. The molecular formula is C13H13NOS2. The molecule has 0 bridgehead atoms. The molecule has 4 heteroatoms. The molecule has 1 heterocycles. The first kappa shape index (κ1) is 12.2. The fraction of sp³-hybridized carbons (Fsp3) is 0.154. The van der Waals surface area contributed by atoms with Gasteiger partial charge in [0.15, 0.2) is 5.78 Å². The zero-order valence-electron chi connectivity index (χ0n) is 9.26. The van der Waals surface area contributed by atoms with Crippen molar-refractivity contribution in [2.75, 3.05) is 11.5 Å². The number of nitrogens with two attached hydrogens (primary N) is 1. The van der Waals surface area contributed by atoms with Gasteiger partial charge in [-0.2, -0.15) is 0 Å². The molecule has 0 fully saturated rings. The minimum Gasteiger partial charge on any atom is -0.399 e. The zero-order chi connectivity index (χ0) is 12.1. The number of carbonyl (C=O) groups is 1. The van der Waals surface area contributed by atoms with Gasteiger partial charge in [0.05, 0.1) is 10.6 Å². The van der Waals surface area contributed by atoms with E-state index in [0.29, 0.717) is 5.75 Å². The number of benzene rings is 1. The smallest absolute Gasteiger partial charge is 0.182 e. The average Bonchev–Trinajstić information content (AvgIpc) is 2.85. The standard InChI is InChI=1S/C13H13NOS2/c14-11-5-3-10(4-6-11)8-16-9-12(15)13-2-1-7-17-13/h1-7H,8-9,14H2. The Balaban J connectivity index is 1.80. The van der Waals surface area contributed by atoms with E-state index in [9.17, 15) is 4.79 Å². The molecule has 0 saturated heterocycles. The van der Waals surface area contributed by atoms with Crippen LogP contribution < -0.4 is 5.73 Å². The Bertz CT molecular complexity index is 477. The van der Waals surface area contributed by atoms with Crippen LogP contribution in [-0.2, 0) is 5.75 Å². The molecule has 0 radical (unpaired) electrons. The Morgan fingerprint density at radius 2 is 2.00 bits per heavy atom. The third-order valence-corrected chi connectivity index (χ3v) is 4.19. The van der Waals surface area contributed by atoms with E-state index in [4.69, 9.17) is 5.73 Å². The van der Waals surface area contributed by atoms with Crippen LogP contribution in [0.5, 0.6) is 0 Å². The van der Waals surface area contributed by atoms with Crippen LogP contribution in [0.25, 0.3) is 0 Å². The number of hydrogen-bond acceptors (Lipinski definition) is 4. The maximum absolute atomic E-state index is 11.7. The number of Topliss-reactive ketones (excluding diaryl/α,β-unsaturated/α-hetero) is 1. The van der Waals surface area contributed by atoms with Crippen LogP contribution in [0.2, 0.25) is 0 Å². The molecule has 88 valence electrons. The molecule has 1 aromatic carbocycles. The van der Waals surface area contributed by atoms with E-state index in [0.717, 1.165) is 16.3 Å². The van der Waals surface area contributed by atoms with E-state index in [1.54, 1.807) is 11.8 Å². The lowest BCUT2D eigenvalue weighted by atomic mass is 10.2. The third kappa shape index (κ3) is 3.61. The number of anilines is 1. The quantitative estimate of drug-likeness (QED) is 0.663. The highest BCUT2D eigenvalue weighted by molar-refractivity contribution is 7.99. The van der Waals surface area contributed by atoms with Crippen molar-refractivity contribution in [2.45, 2.75) is 5.75 Å². The maximum Gasteiger partial charge on any atom is 0.182 e. The van der Waals surface area contributed by atoms with Gasteiger partial charge in [-0.15, -0.1) is 23.1 Å². The molecule has 0 amide bonds. The van der Waals surface area contributed by atoms with Crippen molar-refractivity contribution in [3.63, 3.8) is 0 Å². The van der Waals surface area contributed by atoms with Crippen molar-refractivity contribution in [3.8, 4) is 0 Å². The maximum atomic E-state index is 11.7. The highest BCUT2D eigenvalue weighted by Crippen LogP contribution is 2.17. The van der Waals surface area contributed by atoms with Gasteiger partial charge in [-0.25, -0.2) is 0 Å². The summed E-state index contributed by atoms with van der Waals surface area (Å²) in [5, 5.41) is 1.93. The van der Waals surface area contributed by atoms with Gasteiger partial charge >= 0.3 is 0 Å². The summed E-state index contributed by atoms with van der Waals surface area (Å²) in [5.41, 5.74) is 7.58. The Morgan fingerprint density at radius 3 is 2.65 bits per heavy atom. The predicted molar refractivity (Wildman–Crippen MR) is 75.7 cm³/mol. The Labute approximate surface area is 109 Å². The van der Waals surface area contributed by atoms with Crippen molar-refractivity contribution in [3.05, 3.63) is 52.2 Å². The van der Waals surface area contributed by atoms with Crippen molar-refractivity contribution in [2.24, 2.45) is 0 Å². The summed E-state index contributed by atoms with van der Waals surface area (Å²) in [6.07, 6.45) is 0. The van der Waals surface area contributed by atoms with Gasteiger partial charge in [-0.3, -0.25) is 4.79 Å². The minimum absolute atomic E-state index is 0.209. The lowest BCUT2D eigenvalue weighted by Gasteiger charge is -2.01. The Morgan fingerprint density at radius 1 is 1.24 bits per heavy atom. The number of rotatable bonds is 5. The van der Waals surface area contributed by atoms with Gasteiger partial charge < -0.3 is 5.73 Å². The second-order valence-electron chi connectivity index (χ2n) is 3.63. The SMILES string of the molecule is Nc1ccc(CSCC(=O)c2cccs2)cc1. The molecule has 0 unspecified atom stereocenters. The van der Waals surface area contributed by atoms with E-state index in [-0.39, 0.29) is 5.78 Å². The monoisotopic (exact) mass is 263 g/mol. The van der Waals surface area contributed by atoms with Crippen molar-refractivity contribution < 1.29 is 4.79 Å². The van der Waals surface area contributed by atoms with Crippen molar-refractivity contribution in [1.29, 1.82) is 0 Å². The van der Waals surface area contributed by atoms with Crippen LogP contribution in [0.3, 0.4) is 0 Å². The largest absolute Gasteiger partial charge is 0.399 e. The first-order valence-corrected chi connectivity index (χ1v) is 7.28. The number of nitrogen functional groups attached to an aromatic ring is 1. The van der Waals surface area contributed by atoms with E-state index in [1.807, 2.05) is 41.8 Å². The van der Waals surface area contributed by atoms with Gasteiger partial charge in [0.2, 0.25) is 0 Å². The first-order chi connectivity index (χ1) is 8.25. The normalized spacial score (nSPS) is 10.4. The molecule has 0 aliphatic heterocycles. The number of hydrogen-bond donors (Lipinski definition) is 1. The third-order valence-electron chi connectivity index (χ3n) is 2.28. The molecule has 17 heavy (non-hydrogen) atoms. The van der Waals surface area contributed by atoms with Gasteiger partial charge in [-0.1, -0.05) is 18.2 Å². The van der Waals surface area contributed by atoms with Gasteiger partial charge in [0.1, 0.15) is 0 Å². The molecular weight excluding hydrogens is 250 g/mol. The van der Waals surface area contributed by atoms with Crippen LogP contribution in [0, 0.1) is 0 Å². The molecule has 2 aromatic rings. The summed E-state index contributed by atoms with van der Waals surface area (Å²) in [4.78, 5) is 12.6. The number of carbonyl (C=O) groups excluding carboxylic acids is 1. The summed E-state index contributed by atoms with van der Waals surface area (Å²) in [5.74, 6) is 1.59. The molecule has 0 spiro atoms. The molecule has 2 N–H and O–H groups in total. The molecule has 0 atom stereocenters. The van der Waals surface area contributed by atoms with E-state index in [2.05, 4.69) is 0 Å². The zero-order valence-corrected chi connectivity index (χ0v) is 10.9. The average molecular weight is 263 g/mol. The van der Waals surface area contributed by atoms with Gasteiger partial charge in [0, 0.05) is 11.4 Å². The predicted octanol–water partition coefficient (Wildman–Crippen LogP) is 3.45. The fourth-order valence-electron chi connectivity index (χ4n) is 1.38. The first-order valence-electron chi connectivity index (χ1n) is 5.24. The number of thioether (sulfide) groups is 1. The number of thiophene rings is 1. The number of ketones is 1.